The topological polar surface area (TPSA) is 88.8 Å². The minimum atomic E-state index is -0.503. The number of aliphatic imine (C=N–C) groups is 1. The van der Waals surface area contributed by atoms with Crippen LogP contribution in [0, 0.1) is 0 Å². The van der Waals surface area contributed by atoms with Gasteiger partial charge in [-0.25, -0.2) is 4.98 Å². The molecule has 0 atom stereocenters. The summed E-state index contributed by atoms with van der Waals surface area (Å²) in [7, 11) is 1.63. The summed E-state index contributed by atoms with van der Waals surface area (Å²) in [5.74, 6) is 1.53. The highest BCUT2D eigenvalue weighted by atomic mass is 16.6. The van der Waals surface area contributed by atoms with Crippen LogP contribution in [0.3, 0.4) is 0 Å². The summed E-state index contributed by atoms with van der Waals surface area (Å²) >= 11 is 0. The maximum Gasteiger partial charge on any atom is 0.325 e. The Hall–Kier alpha value is -2.05. The summed E-state index contributed by atoms with van der Waals surface area (Å²) < 4.78 is 10.9. The summed E-state index contributed by atoms with van der Waals surface area (Å²) in [5.41, 5.74) is -0.584. The molecule has 1 aromatic rings. The first-order valence-electron chi connectivity index (χ1n) is 7.63. The van der Waals surface area contributed by atoms with Gasteiger partial charge in [-0.15, -0.1) is 0 Å². The van der Waals surface area contributed by atoms with Gasteiger partial charge in [0, 0.05) is 12.5 Å². The van der Waals surface area contributed by atoms with Crippen molar-refractivity contribution < 1.29 is 13.9 Å². The number of oxazole rings is 1. The maximum absolute atomic E-state index is 11.7. The van der Waals surface area contributed by atoms with Crippen molar-refractivity contribution in [3.63, 3.8) is 0 Å². The molecular formula is C16H28N4O3. The summed E-state index contributed by atoms with van der Waals surface area (Å²) in [5, 5.41) is 5.94. The Bertz CT molecular complexity index is 550. The molecule has 0 spiro atoms. The number of carbonyl (C=O) groups is 1. The Kier molecular flexibility index (Phi) is 6.18. The predicted molar refractivity (Wildman–Crippen MR) is 89.2 cm³/mol. The molecule has 0 aliphatic carbocycles. The molecule has 130 valence electrons. The maximum atomic E-state index is 11.7. The van der Waals surface area contributed by atoms with E-state index in [0.717, 1.165) is 5.76 Å². The van der Waals surface area contributed by atoms with Gasteiger partial charge >= 0.3 is 5.97 Å². The fourth-order valence-electron chi connectivity index (χ4n) is 1.65. The molecule has 0 unspecified atom stereocenters. The summed E-state index contributed by atoms with van der Waals surface area (Å²) in [6.45, 7) is 12.1. The van der Waals surface area contributed by atoms with E-state index in [-0.39, 0.29) is 17.9 Å². The third-order valence-electron chi connectivity index (χ3n) is 2.74. The zero-order valence-corrected chi connectivity index (χ0v) is 15.1. The summed E-state index contributed by atoms with van der Waals surface area (Å²) in [6, 6.07) is 0. The molecule has 1 heterocycles. The Morgan fingerprint density at radius 1 is 1.26 bits per heavy atom. The zero-order chi connectivity index (χ0) is 17.7. The van der Waals surface area contributed by atoms with Crippen LogP contribution in [0.5, 0.6) is 0 Å². The Morgan fingerprint density at radius 2 is 1.91 bits per heavy atom. The van der Waals surface area contributed by atoms with Gasteiger partial charge in [-0.2, -0.15) is 0 Å². The van der Waals surface area contributed by atoms with Crippen LogP contribution < -0.4 is 10.6 Å². The molecule has 2 N–H and O–H groups in total. The third kappa shape index (κ3) is 7.17. The van der Waals surface area contributed by atoms with E-state index >= 15 is 0 Å². The van der Waals surface area contributed by atoms with Gasteiger partial charge in [-0.3, -0.25) is 9.79 Å². The fraction of sp³-hybridized carbons (Fsp3) is 0.688. The molecule has 7 heteroatoms. The lowest BCUT2D eigenvalue weighted by atomic mass is 9.94. The van der Waals surface area contributed by atoms with Gasteiger partial charge in [0.1, 0.15) is 17.9 Å². The monoisotopic (exact) mass is 324 g/mol. The van der Waals surface area contributed by atoms with Crippen molar-refractivity contribution in [3.8, 4) is 0 Å². The normalized spacial score (nSPS) is 12.9. The minimum absolute atomic E-state index is 0.0375. The second-order valence-electron chi connectivity index (χ2n) is 7.23. The number of ether oxygens (including phenoxy) is 1. The quantitative estimate of drug-likeness (QED) is 0.500. The van der Waals surface area contributed by atoms with E-state index in [9.17, 15) is 4.79 Å². The molecule has 0 fully saturated rings. The molecule has 0 amide bonds. The molecule has 23 heavy (non-hydrogen) atoms. The first-order valence-corrected chi connectivity index (χ1v) is 7.63. The second-order valence-corrected chi connectivity index (χ2v) is 7.23. The molecule has 0 radical (unpaired) electrons. The van der Waals surface area contributed by atoms with Gasteiger partial charge in [0.25, 0.3) is 0 Å². The molecule has 7 nitrogen and oxygen atoms in total. The highest BCUT2D eigenvalue weighted by Crippen LogP contribution is 2.22. The van der Waals surface area contributed by atoms with Crippen LogP contribution in [0.2, 0.25) is 0 Å². The van der Waals surface area contributed by atoms with Crippen LogP contribution in [0.1, 0.15) is 53.2 Å². The lowest BCUT2D eigenvalue weighted by molar-refractivity contribution is -0.153. The molecule has 0 bridgehead atoms. The number of hydrogen-bond acceptors (Lipinski definition) is 5. The van der Waals surface area contributed by atoms with E-state index in [2.05, 4.69) is 41.4 Å². The number of nitrogens with zero attached hydrogens (tertiary/aromatic N) is 2. The van der Waals surface area contributed by atoms with Crippen LogP contribution in [0.4, 0.5) is 0 Å². The SMILES string of the molecule is CN=C(NCC(=O)OC(C)(C)C)NCc1ncc(C(C)(C)C)o1. The van der Waals surface area contributed by atoms with Crippen LogP contribution >= 0.6 is 0 Å². The van der Waals surface area contributed by atoms with E-state index in [4.69, 9.17) is 9.15 Å². The van der Waals surface area contributed by atoms with E-state index in [0.29, 0.717) is 18.4 Å². The van der Waals surface area contributed by atoms with E-state index in [1.807, 2.05) is 20.8 Å². The first kappa shape index (κ1) is 19.0. The number of nitrogens with one attached hydrogen (secondary N) is 2. The lowest BCUT2D eigenvalue weighted by Gasteiger charge is -2.20. The average Bonchev–Trinajstić information content (AvgIpc) is 2.85. The van der Waals surface area contributed by atoms with Gasteiger partial charge < -0.3 is 19.8 Å². The van der Waals surface area contributed by atoms with Crippen molar-refractivity contribution >= 4 is 11.9 Å². The van der Waals surface area contributed by atoms with E-state index in [1.165, 1.54) is 0 Å². The number of rotatable bonds is 4. The molecular weight excluding hydrogens is 296 g/mol. The van der Waals surface area contributed by atoms with Crippen molar-refractivity contribution in [2.45, 2.75) is 59.1 Å². The summed E-state index contributed by atoms with van der Waals surface area (Å²) in [4.78, 5) is 19.9. The van der Waals surface area contributed by atoms with Crippen molar-refractivity contribution in [2.75, 3.05) is 13.6 Å². The molecule has 1 rings (SSSR count). The van der Waals surface area contributed by atoms with Crippen molar-refractivity contribution in [3.05, 3.63) is 17.8 Å². The molecule has 0 saturated heterocycles. The molecule has 0 saturated carbocycles. The second kappa shape index (κ2) is 7.48. The lowest BCUT2D eigenvalue weighted by Crippen LogP contribution is -2.41. The average molecular weight is 324 g/mol. The van der Waals surface area contributed by atoms with E-state index in [1.54, 1.807) is 13.2 Å². The predicted octanol–water partition coefficient (Wildman–Crippen LogP) is 1.98. The first-order chi connectivity index (χ1) is 10.5. The van der Waals surface area contributed by atoms with Crippen molar-refractivity contribution in [1.29, 1.82) is 0 Å². The van der Waals surface area contributed by atoms with Gasteiger partial charge in [0.2, 0.25) is 5.89 Å². The zero-order valence-electron chi connectivity index (χ0n) is 15.1. The summed E-state index contributed by atoms with van der Waals surface area (Å²) in [6.07, 6.45) is 1.73. The molecule has 0 aromatic carbocycles. The number of esters is 1. The van der Waals surface area contributed by atoms with E-state index < -0.39 is 5.60 Å². The Balaban J connectivity index is 2.46. The third-order valence-corrected chi connectivity index (χ3v) is 2.74. The van der Waals surface area contributed by atoms with Crippen LogP contribution in [0.15, 0.2) is 15.6 Å². The highest BCUT2D eigenvalue weighted by Gasteiger charge is 2.19. The molecule has 0 aliphatic rings. The standard InChI is InChI=1S/C16H28N4O3/c1-15(2,3)11-8-18-12(22-11)9-19-14(17-7)20-10-13(21)23-16(4,5)6/h8H,9-10H2,1-7H3,(H2,17,19,20). The Morgan fingerprint density at radius 3 is 2.39 bits per heavy atom. The molecule has 1 aromatic heterocycles. The van der Waals surface area contributed by atoms with Gasteiger partial charge in [0.15, 0.2) is 5.96 Å². The number of aromatic nitrogens is 1. The van der Waals surface area contributed by atoms with Gasteiger partial charge in [0.05, 0.1) is 12.7 Å². The van der Waals surface area contributed by atoms with Crippen LogP contribution in [0.25, 0.3) is 0 Å². The largest absolute Gasteiger partial charge is 0.459 e. The van der Waals surface area contributed by atoms with Gasteiger partial charge in [-0.05, 0) is 20.8 Å². The number of guanidine groups is 1. The van der Waals surface area contributed by atoms with Crippen LogP contribution in [-0.2, 0) is 21.5 Å². The van der Waals surface area contributed by atoms with Crippen molar-refractivity contribution in [2.24, 2.45) is 4.99 Å². The smallest absolute Gasteiger partial charge is 0.325 e. The van der Waals surface area contributed by atoms with Gasteiger partial charge in [-0.1, -0.05) is 20.8 Å². The minimum Gasteiger partial charge on any atom is -0.459 e. The number of hydrogen-bond donors (Lipinski definition) is 2. The molecule has 0 aliphatic heterocycles. The fourth-order valence-corrected chi connectivity index (χ4v) is 1.65. The number of carbonyl (C=O) groups excluding carboxylic acids is 1. The highest BCUT2D eigenvalue weighted by molar-refractivity contribution is 5.84. The van der Waals surface area contributed by atoms with Crippen LogP contribution in [-0.4, -0.2) is 36.1 Å². The Labute approximate surface area is 137 Å². The van der Waals surface area contributed by atoms with Crippen molar-refractivity contribution in [1.82, 2.24) is 15.6 Å².